The number of hydrogen-bond acceptors (Lipinski definition) is 5. The second-order valence-electron chi connectivity index (χ2n) is 2.29. The Labute approximate surface area is 76.7 Å². The molecule has 0 aromatic heterocycles. The number of allylic oxidation sites excluding steroid dienone is 3. The van der Waals surface area contributed by atoms with E-state index in [1.54, 1.807) is 0 Å². The van der Waals surface area contributed by atoms with Crippen molar-refractivity contribution in [3.8, 4) is 0 Å². The van der Waals surface area contributed by atoms with Crippen molar-refractivity contribution >= 4 is 22.5 Å². The van der Waals surface area contributed by atoms with Gasteiger partial charge in [-0.05, 0) is 18.2 Å². The molecule has 0 aromatic carbocycles. The summed E-state index contributed by atoms with van der Waals surface area (Å²) < 4.78 is 25.3. The molecule has 0 aliphatic heterocycles. The third-order valence-electron chi connectivity index (χ3n) is 1.39. The Bertz CT molecular complexity index is 370. The van der Waals surface area contributed by atoms with Crippen molar-refractivity contribution in [1.29, 1.82) is 0 Å². The fourth-order valence-electron chi connectivity index (χ4n) is 0.845. The van der Waals surface area contributed by atoms with Crippen LogP contribution < -0.4 is 0 Å². The molecule has 5 nitrogen and oxygen atoms in total. The summed E-state index contributed by atoms with van der Waals surface area (Å²) in [6.45, 7) is 0. The lowest BCUT2D eigenvalue weighted by Gasteiger charge is -2.08. The molecule has 0 fully saturated rings. The predicted molar refractivity (Wildman–Crippen MR) is 47.0 cm³/mol. The van der Waals surface area contributed by atoms with Crippen LogP contribution in [0.15, 0.2) is 24.0 Å². The molecular formula is C6H7BO5S. The third kappa shape index (κ3) is 3.06. The van der Waals surface area contributed by atoms with E-state index in [9.17, 15) is 8.42 Å². The van der Waals surface area contributed by atoms with Gasteiger partial charge < -0.3 is 14.7 Å². The van der Waals surface area contributed by atoms with Crippen LogP contribution in [0.4, 0.5) is 0 Å². The highest BCUT2D eigenvalue weighted by molar-refractivity contribution is 7.73. The lowest BCUT2D eigenvalue weighted by molar-refractivity contribution is 0.243. The topological polar surface area (TPSA) is 83.8 Å². The van der Waals surface area contributed by atoms with E-state index in [0.717, 1.165) is 0 Å². The predicted octanol–water partition coefficient (Wildman–Crippen LogP) is -1.13. The van der Waals surface area contributed by atoms with Gasteiger partial charge in [0.05, 0.1) is 10.6 Å². The Balaban J connectivity index is 2.71. The van der Waals surface area contributed by atoms with Crippen molar-refractivity contribution in [2.45, 2.75) is 6.42 Å². The van der Waals surface area contributed by atoms with E-state index in [1.165, 1.54) is 18.2 Å². The van der Waals surface area contributed by atoms with Crippen LogP contribution in [-0.2, 0) is 14.9 Å². The molecular weight excluding hydrogens is 195 g/mol. The minimum atomic E-state index is -2.22. The molecule has 0 atom stereocenters. The maximum absolute atomic E-state index is 10.4. The number of rotatable bonds is 2. The fraction of sp³-hybridized carbons (Fsp3) is 0.167. The molecule has 0 heterocycles. The van der Waals surface area contributed by atoms with Gasteiger partial charge in [-0.3, -0.25) is 0 Å². The molecule has 0 bridgehead atoms. The van der Waals surface area contributed by atoms with Crippen molar-refractivity contribution in [3.63, 3.8) is 0 Å². The average Bonchev–Trinajstić information content (AvgIpc) is 2.04. The van der Waals surface area contributed by atoms with Gasteiger partial charge in [0.2, 0.25) is 10.3 Å². The first-order chi connectivity index (χ1) is 6.09. The van der Waals surface area contributed by atoms with Gasteiger partial charge in [-0.25, -0.2) is 0 Å². The van der Waals surface area contributed by atoms with Crippen LogP contribution in [0.3, 0.4) is 0 Å². The molecule has 1 rings (SSSR count). The minimum absolute atomic E-state index is 0.203. The Morgan fingerprint density at radius 1 is 1.38 bits per heavy atom. The Hall–Kier alpha value is -1.05. The maximum atomic E-state index is 10.4. The zero-order valence-corrected chi connectivity index (χ0v) is 7.36. The molecule has 0 unspecified atom stereocenters. The van der Waals surface area contributed by atoms with Gasteiger partial charge in [-0.15, -0.1) is 0 Å². The van der Waals surface area contributed by atoms with Gasteiger partial charge in [0.15, 0.2) is 0 Å². The van der Waals surface area contributed by atoms with E-state index >= 15 is 0 Å². The van der Waals surface area contributed by atoms with Crippen molar-refractivity contribution in [2.75, 3.05) is 0 Å². The fourth-order valence-corrected chi connectivity index (χ4v) is 1.24. The molecule has 0 radical (unpaired) electrons. The van der Waals surface area contributed by atoms with E-state index in [0.29, 0.717) is 0 Å². The van der Waals surface area contributed by atoms with Gasteiger partial charge in [0.1, 0.15) is 0 Å². The highest BCUT2D eigenvalue weighted by atomic mass is 32.2. The SMILES string of the molecule is O=S(=O)=C1C=CC(OB(O)O)=CC1. The molecule has 1 aliphatic rings. The van der Waals surface area contributed by atoms with Gasteiger partial charge in [-0.2, -0.15) is 8.42 Å². The summed E-state index contributed by atoms with van der Waals surface area (Å²) >= 11 is 0. The molecule has 7 heteroatoms. The van der Waals surface area contributed by atoms with Gasteiger partial charge >= 0.3 is 7.32 Å². The van der Waals surface area contributed by atoms with Crippen LogP contribution in [0.1, 0.15) is 6.42 Å². The summed E-state index contributed by atoms with van der Waals surface area (Å²) in [6.07, 6.45) is 4.36. The van der Waals surface area contributed by atoms with Crippen molar-refractivity contribution in [3.05, 3.63) is 24.0 Å². The summed E-state index contributed by atoms with van der Waals surface area (Å²) in [5, 5.41) is 16.8. The molecule has 13 heavy (non-hydrogen) atoms. The molecule has 0 amide bonds. The first-order valence-corrected chi connectivity index (χ1v) is 4.53. The van der Waals surface area contributed by atoms with Crippen LogP contribution in [-0.4, -0.2) is 30.7 Å². The van der Waals surface area contributed by atoms with Gasteiger partial charge in [0.25, 0.3) is 0 Å². The van der Waals surface area contributed by atoms with E-state index in [4.69, 9.17) is 10.0 Å². The minimum Gasteiger partial charge on any atom is -0.512 e. The normalized spacial score (nSPS) is 15.2. The first kappa shape index (κ1) is 10.0. The molecule has 0 aromatic rings. The second kappa shape index (κ2) is 4.26. The molecule has 1 aliphatic carbocycles. The maximum Gasteiger partial charge on any atom is 0.707 e. The van der Waals surface area contributed by atoms with Crippen LogP contribution in [0.2, 0.25) is 0 Å². The lowest BCUT2D eigenvalue weighted by atomic mass is 10.1. The van der Waals surface area contributed by atoms with Gasteiger partial charge in [-0.1, -0.05) is 0 Å². The molecule has 0 spiro atoms. The third-order valence-corrected chi connectivity index (χ3v) is 2.12. The van der Waals surface area contributed by atoms with Crippen LogP contribution in [0, 0.1) is 0 Å². The summed E-state index contributed by atoms with van der Waals surface area (Å²) in [5.74, 6) is 0.240. The van der Waals surface area contributed by atoms with E-state index in [2.05, 4.69) is 4.65 Å². The summed E-state index contributed by atoms with van der Waals surface area (Å²) in [7, 11) is -4.10. The average molecular weight is 202 g/mol. The largest absolute Gasteiger partial charge is 0.707 e. The van der Waals surface area contributed by atoms with Crippen LogP contribution in [0.25, 0.3) is 0 Å². The van der Waals surface area contributed by atoms with Crippen molar-refractivity contribution in [2.24, 2.45) is 0 Å². The monoisotopic (exact) mass is 202 g/mol. The van der Waals surface area contributed by atoms with Crippen LogP contribution >= 0.6 is 0 Å². The van der Waals surface area contributed by atoms with E-state index in [1.807, 2.05) is 0 Å². The van der Waals surface area contributed by atoms with Crippen molar-refractivity contribution in [1.82, 2.24) is 0 Å². The summed E-state index contributed by atoms with van der Waals surface area (Å²) in [4.78, 5) is 0.236. The number of hydrogen-bond donors (Lipinski definition) is 2. The lowest BCUT2D eigenvalue weighted by Crippen LogP contribution is -2.16. The quantitative estimate of drug-likeness (QED) is 0.437. The first-order valence-electron chi connectivity index (χ1n) is 3.45. The van der Waals surface area contributed by atoms with E-state index in [-0.39, 0.29) is 17.0 Å². The second-order valence-corrected chi connectivity index (χ2v) is 3.28. The summed E-state index contributed by atoms with van der Waals surface area (Å²) in [6, 6.07) is 0. The van der Waals surface area contributed by atoms with Crippen molar-refractivity contribution < 1.29 is 23.1 Å². The Kier molecular flexibility index (Phi) is 3.29. The van der Waals surface area contributed by atoms with E-state index < -0.39 is 17.6 Å². The van der Waals surface area contributed by atoms with Gasteiger partial charge in [0, 0.05) is 6.42 Å². The molecule has 0 saturated heterocycles. The molecule has 0 saturated carbocycles. The zero-order chi connectivity index (χ0) is 9.84. The highest BCUT2D eigenvalue weighted by Gasteiger charge is 2.13. The Morgan fingerprint density at radius 2 is 2.08 bits per heavy atom. The zero-order valence-electron chi connectivity index (χ0n) is 6.54. The highest BCUT2D eigenvalue weighted by Crippen LogP contribution is 2.08. The smallest absolute Gasteiger partial charge is 0.512 e. The summed E-state index contributed by atoms with van der Waals surface area (Å²) in [5.41, 5.74) is 0. The van der Waals surface area contributed by atoms with Crippen LogP contribution in [0.5, 0.6) is 0 Å². The molecule has 2 N–H and O–H groups in total. The Morgan fingerprint density at radius 3 is 2.46 bits per heavy atom. The standard InChI is InChI=1S/C6H7BO5S/c8-7(9)12-5-1-3-6(4-2-5)13(10)11/h1-3,8-9H,4H2. The molecule has 70 valence electrons.